The van der Waals surface area contributed by atoms with Crippen LogP contribution in [0, 0.1) is 5.92 Å². The average molecular weight is 228 g/mol. The van der Waals surface area contributed by atoms with Crippen molar-refractivity contribution in [2.75, 3.05) is 0 Å². The van der Waals surface area contributed by atoms with Crippen molar-refractivity contribution >= 4 is 0 Å². The summed E-state index contributed by atoms with van der Waals surface area (Å²) in [6, 6.07) is 9.63. The summed E-state index contributed by atoms with van der Waals surface area (Å²) in [6.07, 6.45) is 8.79. The van der Waals surface area contributed by atoms with E-state index in [0.29, 0.717) is 12.3 Å². The van der Waals surface area contributed by atoms with Crippen LogP contribution in [0.4, 0.5) is 0 Å². The van der Waals surface area contributed by atoms with Gasteiger partial charge in [-0.25, -0.2) is 0 Å². The molecule has 17 heavy (non-hydrogen) atoms. The standard InChI is InChI=1S/C15H16O2/c16-15(13-7-2-1-3-8-13)11-10-12-6-4-5-9-14(12)17-15/h1-5,7-9,12,16H,6,10-11H2/t12-,15+/m0/s1. The van der Waals surface area contributed by atoms with Crippen molar-refractivity contribution < 1.29 is 9.84 Å². The number of aliphatic hydroxyl groups is 1. The van der Waals surface area contributed by atoms with Crippen LogP contribution in [0.1, 0.15) is 24.8 Å². The molecule has 2 atom stereocenters. The molecule has 1 aromatic carbocycles. The molecule has 1 aliphatic heterocycles. The summed E-state index contributed by atoms with van der Waals surface area (Å²) >= 11 is 0. The van der Waals surface area contributed by atoms with E-state index in [-0.39, 0.29) is 0 Å². The molecule has 88 valence electrons. The van der Waals surface area contributed by atoms with Crippen molar-refractivity contribution in [3.8, 4) is 0 Å². The number of benzene rings is 1. The molecule has 0 radical (unpaired) electrons. The predicted octanol–water partition coefficient (Wildman–Crippen LogP) is 3.10. The molecule has 1 saturated heterocycles. The fraction of sp³-hybridized carbons (Fsp3) is 0.333. The van der Waals surface area contributed by atoms with E-state index in [1.807, 2.05) is 42.5 Å². The number of allylic oxidation sites excluding steroid dienone is 4. The van der Waals surface area contributed by atoms with Gasteiger partial charge in [0.05, 0.1) is 0 Å². The van der Waals surface area contributed by atoms with Gasteiger partial charge in [-0.05, 0) is 18.9 Å². The van der Waals surface area contributed by atoms with E-state index in [2.05, 4.69) is 6.08 Å². The summed E-state index contributed by atoms with van der Waals surface area (Å²) in [4.78, 5) is 0. The highest BCUT2D eigenvalue weighted by Gasteiger charge is 2.39. The first kappa shape index (κ1) is 10.6. The number of ether oxygens (including phenoxy) is 1. The van der Waals surface area contributed by atoms with Crippen molar-refractivity contribution in [3.63, 3.8) is 0 Å². The van der Waals surface area contributed by atoms with Gasteiger partial charge in [0.1, 0.15) is 5.76 Å². The molecule has 1 fully saturated rings. The second-order valence-corrected chi connectivity index (χ2v) is 4.72. The molecular formula is C15H16O2. The molecule has 0 spiro atoms. The topological polar surface area (TPSA) is 29.5 Å². The lowest BCUT2D eigenvalue weighted by molar-refractivity contribution is -0.215. The van der Waals surface area contributed by atoms with Gasteiger partial charge in [0, 0.05) is 17.9 Å². The number of fused-ring (bicyclic) bond motifs is 1. The van der Waals surface area contributed by atoms with Crippen LogP contribution in [0.5, 0.6) is 0 Å². The van der Waals surface area contributed by atoms with Crippen molar-refractivity contribution in [2.45, 2.75) is 25.0 Å². The Labute approximate surface area is 101 Å². The van der Waals surface area contributed by atoms with Gasteiger partial charge in [-0.15, -0.1) is 0 Å². The Morgan fingerprint density at radius 1 is 1.24 bits per heavy atom. The Morgan fingerprint density at radius 2 is 2.06 bits per heavy atom. The fourth-order valence-corrected chi connectivity index (χ4v) is 2.55. The number of hydrogen-bond donors (Lipinski definition) is 1. The molecular weight excluding hydrogens is 212 g/mol. The maximum Gasteiger partial charge on any atom is 0.234 e. The van der Waals surface area contributed by atoms with Crippen LogP contribution in [0.15, 0.2) is 54.3 Å². The monoisotopic (exact) mass is 228 g/mol. The normalized spacial score (nSPS) is 31.4. The zero-order valence-corrected chi connectivity index (χ0v) is 9.67. The van der Waals surface area contributed by atoms with Gasteiger partial charge >= 0.3 is 0 Å². The highest BCUT2D eigenvalue weighted by atomic mass is 16.6. The summed E-state index contributed by atoms with van der Waals surface area (Å²) in [6.45, 7) is 0. The summed E-state index contributed by atoms with van der Waals surface area (Å²) in [5, 5.41) is 10.6. The Bertz CT molecular complexity index is 461. The highest BCUT2D eigenvalue weighted by molar-refractivity contribution is 5.24. The van der Waals surface area contributed by atoms with E-state index in [9.17, 15) is 5.11 Å². The minimum Gasteiger partial charge on any atom is -0.462 e. The van der Waals surface area contributed by atoms with Crippen molar-refractivity contribution in [1.29, 1.82) is 0 Å². The van der Waals surface area contributed by atoms with Crippen LogP contribution >= 0.6 is 0 Å². The molecule has 2 aliphatic rings. The van der Waals surface area contributed by atoms with Crippen LogP contribution in [-0.4, -0.2) is 5.11 Å². The maximum absolute atomic E-state index is 10.6. The van der Waals surface area contributed by atoms with Gasteiger partial charge in [0.2, 0.25) is 5.79 Å². The summed E-state index contributed by atoms with van der Waals surface area (Å²) in [5.41, 5.74) is 0.842. The molecule has 0 unspecified atom stereocenters. The van der Waals surface area contributed by atoms with Crippen LogP contribution in [-0.2, 0) is 10.5 Å². The highest BCUT2D eigenvalue weighted by Crippen LogP contribution is 2.42. The zero-order chi connectivity index (χ0) is 11.7. The van der Waals surface area contributed by atoms with Gasteiger partial charge in [-0.2, -0.15) is 0 Å². The summed E-state index contributed by atoms with van der Waals surface area (Å²) in [5.74, 6) is 0.225. The molecule has 2 nitrogen and oxygen atoms in total. The molecule has 2 heteroatoms. The second kappa shape index (κ2) is 4.04. The van der Waals surface area contributed by atoms with Crippen LogP contribution in [0.25, 0.3) is 0 Å². The first-order chi connectivity index (χ1) is 8.28. The predicted molar refractivity (Wildman–Crippen MR) is 66.0 cm³/mol. The fourth-order valence-electron chi connectivity index (χ4n) is 2.55. The van der Waals surface area contributed by atoms with E-state index >= 15 is 0 Å². The van der Waals surface area contributed by atoms with Crippen LogP contribution in [0.3, 0.4) is 0 Å². The minimum atomic E-state index is -1.14. The van der Waals surface area contributed by atoms with E-state index in [1.54, 1.807) is 0 Å². The minimum absolute atomic E-state index is 0.448. The molecule has 0 saturated carbocycles. The lowest BCUT2D eigenvalue weighted by Crippen LogP contribution is -2.36. The second-order valence-electron chi connectivity index (χ2n) is 4.72. The SMILES string of the molecule is O[C@]1(c2ccccc2)CC[C@@H]2CC=CC=C2O1. The third kappa shape index (κ3) is 1.89. The smallest absolute Gasteiger partial charge is 0.234 e. The molecule has 1 N–H and O–H groups in total. The third-order valence-electron chi connectivity index (χ3n) is 3.56. The average Bonchev–Trinajstić information content (AvgIpc) is 2.40. The zero-order valence-electron chi connectivity index (χ0n) is 9.67. The largest absolute Gasteiger partial charge is 0.462 e. The van der Waals surface area contributed by atoms with E-state index < -0.39 is 5.79 Å². The van der Waals surface area contributed by atoms with Crippen molar-refractivity contribution in [2.24, 2.45) is 5.92 Å². The number of rotatable bonds is 1. The Hall–Kier alpha value is -1.54. The molecule has 3 rings (SSSR count). The maximum atomic E-state index is 10.6. The third-order valence-corrected chi connectivity index (χ3v) is 3.56. The Balaban J connectivity index is 1.90. The Morgan fingerprint density at radius 3 is 2.88 bits per heavy atom. The number of hydrogen-bond acceptors (Lipinski definition) is 2. The van der Waals surface area contributed by atoms with Gasteiger partial charge in [-0.1, -0.05) is 42.5 Å². The van der Waals surface area contributed by atoms with E-state index in [4.69, 9.17) is 4.74 Å². The molecule has 1 heterocycles. The van der Waals surface area contributed by atoms with Crippen LogP contribution in [0.2, 0.25) is 0 Å². The lowest BCUT2D eigenvalue weighted by atomic mass is 9.86. The summed E-state index contributed by atoms with van der Waals surface area (Å²) in [7, 11) is 0. The molecule has 1 aromatic rings. The van der Waals surface area contributed by atoms with Crippen LogP contribution < -0.4 is 0 Å². The van der Waals surface area contributed by atoms with Crippen molar-refractivity contribution in [3.05, 3.63) is 59.9 Å². The first-order valence-electron chi connectivity index (χ1n) is 6.11. The quantitative estimate of drug-likeness (QED) is 0.800. The first-order valence-corrected chi connectivity index (χ1v) is 6.11. The summed E-state index contributed by atoms with van der Waals surface area (Å²) < 4.78 is 5.83. The van der Waals surface area contributed by atoms with Gasteiger partial charge < -0.3 is 9.84 Å². The molecule has 0 bridgehead atoms. The lowest BCUT2D eigenvalue weighted by Gasteiger charge is -2.39. The van der Waals surface area contributed by atoms with Crippen molar-refractivity contribution in [1.82, 2.24) is 0 Å². The van der Waals surface area contributed by atoms with E-state index in [1.165, 1.54) is 0 Å². The van der Waals surface area contributed by atoms with Gasteiger partial charge in [0.15, 0.2) is 0 Å². The van der Waals surface area contributed by atoms with Gasteiger partial charge in [-0.3, -0.25) is 0 Å². The van der Waals surface area contributed by atoms with Gasteiger partial charge in [0.25, 0.3) is 0 Å². The molecule has 1 aliphatic carbocycles. The molecule has 0 aromatic heterocycles. The Kier molecular flexibility index (Phi) is 2.52. The molecule has 0 amide bonds. The van der Waals surface area contributed by atoms with E-state index in [0.717, 1.165) is 24.2 Å².